The molecule has 0 N–H and O–H groups in total. The largest absolute Gasteiger partial charge is 0.207 e. The zero-order valence-corrected chi connectivity index (χ0v) is 15.3. The molecule has 0 nitrogen and oxygen atoms in total. The summed E-state index contributed by atoms with van der Waals surface area (Å²) in [6.45, 7) is 2.16. The first-order chi connectivity index (χ1) is 10.1. The number of rotatable bonds is 6. The lowest BCUT2D eigenvalue weighted by Gasteiger charge is -2.31. The number of hydrogen-bond acceptors (Lipinski definition) is 0. The molecule has 0 saturated carbocycles. The molecule has 0 fully saturated rings. The average molecular weight is 414 g/mol. The highest BCUT2D eigenvalue weighted by atomic mass is 79.9. The first-order valence-corrected chi connectivity index (χ1v) is 9.33. The zero-order valence-electron chi connectivity index (χ0n) is 12.1. The Hall–Kier alpha value is -0.670. The van der Waals surface area contributed by atoms with Crippen molar-refractivity contribution in [1.29, 1.82) is 0 Å². The summed E-state index contributed by atoms with van der Waals surface area (Å²) in [7, 11) is 0. The van der Waals surface area contributed by atoms with Crippen molar-refractivity contribution in [3.63, 3.8) is 0 Å². The molecule has 0 amide bonds. The Balaban J connectivity index is 2.33. The normalized spacial score (nSPS) is 11.6. The van der Waals surface area contributed by atoms with Crippen LogP contribution < -0.4 is 0 Å². The molecule has 0 heterocycles. The van der Waals surface area contributed by atoms with Crippen LogP contribution in [-0.4, -0.2) is 10.7 Å². The van der Waals surface area contributed by atoms with Gasteiger partial charge in [-0.1, -0.05) is 75.2 Å². The van der Waals surface area contributed by atoms with Gasteiger partial charge in [0.25, 0.3) is 0 Å². The fraction of sp³-hybridized carbons (Fsp3) is 0.333. The first-order valence-electron chi connectivity index (χ1n) is 7.09. The highest BCUT2D eigenvalue weighted by molar-refractivity contribution is 9.09. The van der Waals surface area contributed by atoms with E-state index in [0.717, 1.165) is 29.1 Å². The summed E-state index contributed by atoms with van der Waals surface area (Å²) in [4.78, 5) is 0. The molecule has 2 rings (SSSR count). The summed E-state index contributed by atoms with van der Waals surface area (Å²) >= 11 is 7.26. The van der Waals surface area contributed by atoms with Gasteiger partial charge in [-0.25, -0.2) is 4.39 Å². The van der Waals surface area contributed by atoms with E-state index in [4.69, 9.17) is 0 Å². The predicted molar refractivity (Wildman–Crippen MR) is 95.2 cm³/mol. The van der Waals surface area contributed by atoms with Gasteiger partial charge in [-0.05, 0) is 41.7 Å². The predicted octanol–water partition coefficient (Wildman–Crippen LogP) is 5.66. The third-order valence-electron chi connectivity index (χ3n) is 3.92. The monoisotopic (exact) mass is 412 g/mol. The summed E-state index contributed by atoms with van der Waals surface area (Å²) < 4.78 is 13.6. The van der Waals surface area contributed by atoms with Crippen molar-refractivity contribution in [1.82, 2.24) is 0 Å². The fourth-order valence-corrected chi connectivity index (χ4v) is 4.46. The summed E-state index contributed by atoms with van der Waals surface area (Å²) in [6.07, 6.45) is 1.92. The van der Waals surface area contributed by atoms with E-state index in [2.05, 4.69) is 63.0 Å². The van der Waals surface area contributed by atoms with Crippen LogP contribution >= 0.6 is 31.9 Å². The molecule has 0 bridgehead atoms. The highest BCUT2D eigenvalue weighted by Gasteiger charge is 2.30. The Bertz CT molecular complexity index is 574. The molecule has 0 aliphatic carbocycles. The number of alkyl halides is 2. The van der Waals surface area contributed by atoms with Gasteiger partial charge in [0, 0.05) is 16.1 Å². The van der Waals surface area contributed by atoms with Crippen LogP contribution in [0.4, 0.5) is 4.39 Å². The Morgan fingerprint density at radius 2 is 1.57 bits per heavy atom. The van der Waals surface area contributed by atoms with Crippen molar-refractivity contribution >= 4 is 31.9 Å². The van der Waals surface area contributed by atoms with E-state index in [0.29, 0.717) is 0 Å². The van der Waals surface area contributed by atoms with E-state index in [9.17, 15) is 4.39 Å². The van der Waals surface area contributed by atoms with Crippen molar-refractivity contribution in [3.05, 3.63) is 71.0 Å². The molecule has 0 radical (unpaired) electrons. The van der Waals surface area contributed by atoms with Gasteiger partial charge in [0.05, 0.1) is 0 Å². The number of halogens is 3. The van der Waals surface area contributed by atoms with Crippen LogP contribution in [0.5, 0.6) is 0 Å². The van der Waals surface area contributed by atoms with E-state index in [1.165, 1.54) is 17.2 Å². The number of aryl methyl sites for hydroxylation is 1. The maximum atomic E-state index is 13.6. The molecular weight excluding hydrogens is 395 g/mol. The maximum Gasteiger partial charge on any atom is 0.123 e. The Kier molecular flexibility index (Phi) is 6.00. The van der Waals surface area contributed by atoms with E-state index in [1.54, 1.807) is 12.1 Å². The molecule has 2 aromatic carbocycles. The minimum absolute atomic E-state index is 0.143. The van der Waals surface area contributed by atoms with Gasteiger partial charge >= 0.3 is 0 Å². The molecule has 3 heteroatoms. The van der Waals surface area contributed by atoms with Gasteiger partial charge in [0.15, 0.2) is 0 Å². The molecular formula is C18H19Br2F. The first kappa shape index (κ1) is 16.7. The van der Waals surface area contributed by atoms with Crippen molar-refractivity contribution < 1.29 is 4.39 Å². The minimum Gasteiger partial charge on any atom is -0.207 e. The van der Waals surface area contributed by atoms with Crippen LogP contribution in [0.3, 0.4) is 0 Å². The van der Waals surface area contributed by atoms with E-state index < -0.39 is 0 Å². The van der Waals surface area contributed by atoms with Crippen LogP contribution in [0.1, 0.15) is 23.6 Å². The lowest BCUT2D eigenvalue weighted by molar-refractivity contribution is 0.541. The van der Waals surface area contributed by atoms with Gasteiger partial charge in [-0.2, -0.15) is 0 Å². The van der Waals surface area contributed by atoms with Gasteiger partial charge in [-0.15, -0.1) is 0 Å². The van der Waals surface area contributed by atoms with E-state index in [1.807, 2.05) is 6.07 Å². The molecule has 112 valence electrons. The van der Waals surface area contributed by atoms with Crippen molar-refractivity contribution in [2.24, 2.45) is 0 Å². The maximum absolute atomic E-state index is 13.6. The van der Waals surface area contributed by atoms with Gasteiger partial charge in [0.2, 0.25) is 0 Å². The third-order valence-corrected chi connectivity index (χ3v) is 6.07. The second kappa shape index (κ2) is 7.55. The quantitative estimate of drug-likeness (QED) is 0.536. The smallest absolute Gasteiger partial charge is 0.123 e. The van der Waals surface area contributed by atoms with E-state index >= 15 is 0 Å². The van der Waals surface area contributed by atoms with E-state index in [-0.39, 0.29) is 11.2 Å². The summed E-state index contributed by atoms with van der Waals surface area (Å²) in [5.74, 6) is -0.180. The standard InChI is InChI=1S/C18H19Br2F/c1-2-14-6-8-15(9-7-14)11-18(12-19,13-20)16-4-3-5-17(21)10-16/h3-10H,2,11-13H2,1H3. The van der Waals surface area contributed by atoms with Crippen molar-refractivity contribution in [2.75, 3.05) is 10.7 Å². The van der Waals surface area contributed by atoms with Crippen LogP contribution in [0, 0.1) is 5.82 Å². The number of benzene rings is 2. The number of hydrogen-bond donors (Lipinski definition) is 0. The molecule has 0 saturated heterocycles. The Morgan fingerprint density at radius 3 is 2.10 bits per heavy atom. The topological polar surface area (TPSA) is 0 Å². The molecule has 0 atom stereocenters. The molecule has 0 aliphatic rings. The SMILES string of the molecule is CCc1ccc(CC(CBr)(CBr)c2cccc(F)c2)cc1. The lowest BCUT2D eigenvalue weighted by atomic mass is 9.79. The second-order valence-electron chi connectivity index (χ2n) is 5.40. The molecule has 0 spiro atoms. The molecule has 21 heavy (non-hydrogen) atoms. The van der Waals surface area contributed by atoms with Gasteiger partial charge < -0.3 is 0 Å². The minimum atomic E-state index is -0.180. The zero-order chi connectivity index (χ0) is 15.3. The second-order valence-corrected chi connectivity index (χ2v) is 6.53. The fourth-order valence-electron chi connectivity index (χ4n) is 2.49. The molecule has 0 aliphatic heterocycles. The van der Waals surface area contributed by atoms with Crippen LogP contribution in [-0.2, 0) is 18.3 Å². The third kappa shape index (κ3) is 3.95. The summed E-state index contributed by atoms with van der Waals surface area (Å²) in [5, 5.41) is 1.56. The van der Waals surface area contributed by atoms with Gasteiger partial charge in [0.1, 0.15) is 5.82 Å². The summed E-state index contributed by atoms with van der Waals surface area (Å²) in [6, 6.07) is 15.6. The summed E-state index contributed by atoms with van der Waals surface area (Å²) in [5.41, 5.74) is 3.49. The highest BCUT2D eigenvalue weighted by Crippen LogP contribution is 2.33. The molecule has 2 aromatic rings. The molecule has 0 unspecified atom stereocenters. The van der Waals surface area contributed by atoms with Crippen LogP contribution in [0.15, 0.2) is 48.5 Å². The molecule has 0 aromatic heterocycles. The lowest BCUT2D eigenvalue weighted by Crippen LogP contribution is -2.33. The Morgan fingerprint density at radius 1 is 0.952 bits per heavy atom. The van der Waals surface area contributed by atoms with Gasteiger partial charge in [-0.3, -0.25) is 0 Å². The van der Waals surface area contributed by atoms with Crippen molar-refractivity contribution in [3.8, 4) is 0 Å². The average Bonchev–Trinajstić information content (AvgIpc) is 2.53. The van der Waals surface area contributed by atoms with Crippen LogP contribution in [0.2, 0.25) is 0 Å². The van der Waals surface area contributed by atoms with Crippen LogP contribution in [0.25, 0.3) is 0 Å². The Labute approximate surface area is 143 Å². The van der Waals surface area contributed by atoms with Crippen molar-refractivity contribution in [2.45, 2.75) is 25.2 Å².